The van der Waals surface area contributed by atoms with Gasteiger partial charge in [0.25, 0.3) is 0 Å². The van der Waals surface area contributed by atoms with Crippen LogP contribution in [0, 0.1) is 0 Å². The maximum absolute atomic E-state index is 12.3. The van der Waals surface area contributed by atoms with Crippen LogP contribution in [0.25, 0.3) is 0 Å². The summed E-state index contributed by atoms with van der Waals surface area (Å²) in [5.74, 6) is -0.924. The Bertz CT molecular complexity index is 539. The lowest BCUT2D eigenvalue weighted by Crippen LogP contribution is -2.40. The van der Waals surface area contributed by atoms with Crippen LogP contribution in [-0.2, 0) is 14.8 Å². The zero-order valence-corrected chi connectivity index (χ0v) is 11.7. The summed E-state index contributed by atoms with van der Waals surface area (Å²) in [6.07, 6.45) is 1.14. The number of carboxylic acid groups (broad SMARTS) is 1. The van der Waals surface area contributed by atoms with E-state index in [1.807, 2.05) is 0 Å². The monoisotopic (exact) mass is 288 g/mol. The van der Waals surface area contributed by atoms with Crippen LogP contribution in [0.3, 0.4) is 0 Å². The van der Waals surface area contributed by atoms with Gasteiger partial charge in [-0.3, -0.25) is 4.79 Å². The Labute approximate surface area is 111 Å². The number of aliphatic carboxylic acids is 1. The molecule has 1 rings (SSSR count). The van der Waals surface area contributed by atoms with E-state index in [1.54, 1.807) is 13.8 Å². The molecule has 0 saturated carbocycles. The zero-order chi connectivity index (χ0) is 14.6. The molecular formula is C11H16N2O5S. The lowest BCUT2D eigenvalue weighted by molar-refractivity contribution is -0.137. The number of methoxy groups -OCH3 is 1. The van der Waals surface area contributed by atoms with Crippen LogP contribution in [-0.4, -0.2) is 48.5 Å². The van der Waals surface area contributed by atoms with E-state index in [0.717, 1.165) is 10.5 Å². The molecule has 1 aromatic heterocycles. The van der Waals surface area contributed by atoms with Crippen LogP contribution in [0.4, 0.5) is 0 Å². The second-order valence-electron chi connectivity index (χ2n) is 4.07. The largest absolute Gasteiger partial charge is 0.481 e. The maximum atomic E-state index is 12.3. The molecule has 0 aliphatic heterocycles. The van der Waals surface area contributed by atoms with Crippen molar-refractivity contribution in [3.05, 3.63) is 18.3 Å². The predicted octanol–water partition coefficient (Wildman–Crippen LogP) is 0.574. The highest BCUT2D eigenvalue weighted by Crippen LogP contribution is 2.19. The van der Waals surface area contributed by atoms with Crippen molar-refractivity contribution in [2.24, 2.45) is 0 Å². The Morgan fingerprint density at radius 3 is 2.47 bits per heavy atom. The first-order valence-electron chi connectivity index (χ1n) is 5.52. The topological polar surface area (TPSA) is 96.8 Å². The van der Waals surface area contributed by atoms with Crippen molar-refractivity contribution in [3.8, 4) is 5.88 Å². The van der Waals surface area contributed by atoms with Gasteiger partial charge in [-0.15, -0.1) is 0 Å². The number of hydrogen-bond acceptors (Lipinski definition) is 5. The molecule has 0 bridgehead atoms. The zero-order valence-electron chi connectivity index (χ0n) is 10.9. The molecule has 0 saturated heterocycles. The van der Waals surface area contributed by atoms with E-state index >= 15 is 0 Å². The van der Waals surface area contributed by atoms with E-state index in [2.05, 4.69) is 4.98 Å². The van der Waals surface area contributed by atoms with Gasteiger partial charge in [-0.2, -0.15) is 4.31 Å². The van der Waals surface area contributed by atoms with Crippen molar-refractivity contribution < 1.29 is 23.1 Å². The SMILES string of the molecule is COc1ccc(S(=O)(=O)N(CC(=O)O)C(C)C)cn1. The van der Waals surface area contributed by atoms with Gasteiger partial charge in [0.1, 0.15) is 11.4 Å². The van der Waals surface area contributed by atoms with Crippen LogP contribution in [0.15, 0.2) is 23.2 Å². The summed E-state index contributed by atoms with van der Waals surface area (Å²) in [7, 11) is -2.47. The van der Waals surface area contributed by atoms with Crippen molar-refractivity contribution in [3.63, 3.8) is 0 Å². The van der Waals surface area contributed by atoms with Crippen molar-refractivity contribution in [1.82, 2.24) is 9.29 Å². The average Bonchev–Trinajstić information content (AvgIpc) is 2.35. The summed E-state index contributed by atoms with van der Waals surface area (Å²) >= 11 is 0. The van der Waals surface area contributed by atoms with Gasteiger partial charge in [-0.25, -0.2) is 13.4 Å². The molecule has 8 heteroatoms. The van der Waals surface area contributed by atoms with Gasteiger partial charge in [0.05, 0.1) is 13.3 Å². The molecule has 0 aliphatic rings. The highest BCUT2D eigenvalue weighted by atomic mass is 32.2. The lowest BCUT2D eigenvalue weighted by Gasteiger charge is -2.23. The third-order valence-electron chi connectivity index (χ3n) is 2.39. The first kappa shape index (κ1) is 15.4. The molecule has 0 aliphatic carbocycles. The molecular weight excluding hydrogens is 272 g/mol. The molecule has 1 N–H and O–H groups in total. The minimum atomic E-state index is -3.89. The molecule has 0 atom stereocenters. The Morgan fingerprint density at radius 2 is 2.11 bits per heavy atom. The highest BCUT2D eigenvalue weighted by Gasteiger charge is 2.29. The third kappa shape index (κ3) is 3.65. The Balaban J connectivity index is 3.14. The quantitative estimate of drug-likeness (QED) is 0.822. The third-order valence-corrected chi connectivity index (χ3v) is 4.40. The minimum absolute atomic E-state index is 0.0664. The van der Waals surface area contributed by atoms with E-state index in [9.17, 15) is 13.2 Å². The number of nitrogens with zero attached hydrogens (tertiary/aromatic N) is 2. The van der Waals surface area contributed by atoms with Crippen LogP contribution in [0.2, 0.25) is 0 Å². The van der Waals surface area contributed by atoms with E-state index in [0.29, 0.717) is 0 Å². The van der Waals surface area contributed by atoms with Gasteiger partial charge < -0.3 is 9.84 Å². The molecule has 1 heterocycles. The first-order valence-corrected chi connectivity index (χ1v) is 6.96. The fourth-order valence-corrected chi connectivity index (χ4v) is 2.99. The molecule has 0 amide bonds. The summed E-state index contributed by atoms with van der Waals surface area (Å²) in [5.41, 5.74) is 0. The number of aromatic nitrogens is 1. The Hall–Kier alpha value is -1.67. The van der Waals surface area contributed by atoms with Crippen molar-refractivity contribution in [1.29, 1.82) is 0 Å². The molecule has 7 nitrogen and oxygen atoms in total. The lowest BCUT2D eigenvalue weighted by atomic mass is 10.4. The molecule has 0 aromatic carbocycles. The smallest absolute Gasteiger partial charge is 0.318 e. The Morgan fingerprint density at radius 1 is 1.47 bits per heavy atom. The van der Waals surface area contributed by atoms with E-state index in [4.69, 9.17) is 9.84 Å². The van der Waals surface area contributed by atoms with Crippen LogP contribution >= 0.6 is 0 Å². The average molecular weight is 288 g/mol. The van der Waals surface area contributed by atoms with Crippen LogP contribution in [0.5, 0.6) is 5.88 Å². The molecule has 1 aromatic rings. The number of hydrogen-bond donors (Lipinski definition) is 1. The van der Waals surface area contributed by atoms with Crippen molar-refractivity contribution in [2.75, 3.05) is 13.7 Å². The van der Waals surface area contributed by atoms with Gasteiger partial charge in [-0.05, 0) is 19.9 Å². The first-order chi connectivity index (χ1) is 8.78. The summed E-state index contributed by atoms with van der Waals surface area (Å²) in [6, 6.07) is 2.27. The highest BCUT2D eigenvalue weighted by molar-refractivity contribution is 7.89. The van der Waals surface area contributed by atoms with Gasteiger partial charge in [0, 0.05) is 12.1 Å². The fourth-order valence-electron chi connectivity index (χ4n) is 1.45. The molecule has 0 radical (unpaired) electrons. The molecule has 0 spiro atoms. The van der Waals surface area contributed by atoms with E-state index in [1.165, 1.54) is 19.2 Å². The van der Waals surface area contributed by atoms with Crippen LogP contribution < -0.4 is 4.74 Å². The summed E-state index contributed by atoms with van der Waals surface area (Å²) in [6.45, 7) is 2.63. The van der Waals surface area contributed by atoms with E-state index in [-0.39, 0.29) is 10.8 Å². The van der Waals surface area contributed by atoms with Gasteiger partial charge in [0.2, 0.25) is 15.9 Å². The predicted molar refractivity (Wildman–Crippen MR) is 67.5 cm³/mol. The normalized spacial score (nSPS) is 11.8. The van der Waals surface area contributed by atoms with E-state index < -0.39 is 28.6 Å². The molecule has 0 fully saturated rings. The second-order valence-corrected chi connectivity index (χ2v) is 5.96. The number of carboxylic acids is 1. The maximum Gasteiger partial charge on any atom is 0.318 e. The second kappa shape index (κ2) is 5.98. The molecule has 106 valence electrons. The summed E-state index contributed by atoms with van der Waals surface area (Å²) in [4.78, 5) is 14.5. The number of pyridine rings is 1. The van der Waals surface area contributed by atoms with Crippen LogP contribution in [0.1, 0.15) is 13.8 Å². The van der Waals surface area contributed by atoms with Crippen molar-refractivity contribution in [2.45, 2.75) is 24.8 Å². The molecule has 0 unspecified atom stereocenters. The summed E-state index contributed by atoms with van der Waals surface area (Å²) in [5, 5.41) is 8.78. The standard InChI is InChI=1S/C11H16N2O5S/c1-8(2)13(7-11(14)15)19(16,17)9-4-5-10(18-3)12-6-9/h4-6,8H,7H2,1-3H3,(H,14,15). The van der Waals surface area contributed by atoms with Gasteiger partial charge in [0.15, 0.2) is 0 Å². The number of carbonyl (C=O) groups is 1. The fraction of sp³-hybridized carbons (Fsp3) is 0.455. The number of rotatable bonds is 6. The minimum Gasteiger partial charge on any atom is -0.481 e. The number of ether oxygens (including phenoxy) is 1. The van der Waals surface area contributed by atoms with Crippen molar-refractivity contribution >= 4 is 16.0 Å². The van der Waals surface area contributed by atoms with Gasteiger partial charge >= 0.3 is 5.97 Å². The summed E-state index contributed by atoms with van der Waals surface area (Å²) < 4.78 is 30.3. The molecule has 19 heavy (non-hydrogen) atoms. The number of sulfonamides is 1. The Kier molecular flexibility index (Phi) is 4.84. The van der Waals surface area contributed by atoms with Gasteiger partial charge in [-0.1, -0.05) is 0 Å².